The summed E-state index contributed by atoms with van der Waals surface area (Å²) in [6, 6.07) is 5.43. The molecule has 6 heteroatoms. The van der Waals surface area contributed by atoms with E-state index < -0.39 is 16.0 Å². The van der Waals surface area contributed by atoms with Gasteiger partial charge in [-0.3, -0.25) is 0 Å². The molecule has 1 aromatic rings. The molecule has 4 saturated carbocycles. The van der Waals surface area contributed by atoms with Gasteiger partial charge in [0, 0.05) is 6.04 Å². The van der Waals surface area contributed by atoms with Gasteiger partial charge in [0.15, 0.2) is 0 Å². The fourth-order valence-corrected chi connectivity index (χ4v) is 7.70. The van der Waals surface area contributed by atoms with E-state index in [1.807, 2.05) is 0 Å². The van der Waals surface area contributed by atoms with Gasteiger partial charge >= 0.3 is 5.97 Å². The van der Waals surface area contributed by atoms with Crippen LogP contribution < -0.4 is 4.72 Å². The van der Waals surface area contributed by atoms with Crippen molar-refractivity contribution in [3.05, 3.63) is 29.8 Å². The number of aromatic carboxylic acids is 1. The second-order valence-electron chi connectivity index (χ2n) is 8.69. The number of carbonyl (C=O) groups is 1. The van der Waals surface area contributed by atoms with Crippen LogP contribution in [0.5, 0.6) is 0 Å². The van der Waals surface area contributed by atoms with Crippen LogP contribution in [0.15, 0.2) is 29.2 Å². The van der Waals surface area contributed by atoms with Gasteiger partial charge in [0.2, 0.25) is 10.0 Å². The third-order valence-corrected chi connectivity index (χ3v) is 8.43. The van der Waals surface area contributed by atoms with Crippen molar-refractivity contribution in [3.8, 4) is 0 Å². The van der Waals surface area contributed by atoms with Crippen molar-refractivity contribution in [2.45, 2.75) is 62.8 Å². The molecule has 0 heterocycles. The van der Waals surface area contributed by atoms with Crippen LogP contribution in [0.25, 0.3) is 0 Å². The Hall–Kier alpha value is -1.40. The Morgan fingerprint density at radius 2 is 1.62 bits per heavy atom. The zero-order valence-electron chi connectivity index (χ0n) is 15.1. The normalized spacial score (nSPS) is 34.0. The molecule has 142 valence electrons. The minimum absolute atomic E-state index is 0.0416. The highest BCUT2D eigenvalue weighted by Gasteiger charge is 2.54. The first-order valence-corrected chi connectivity index (χ1v) is 11.2. The number of hydrogen-bond acceptors (Lipinski definition) is 3. The Bertz CT molecular complexity index is 764. The smallest absolute Gasteiger partial charge is 0.335 e. The van der Waals surface area contributed by atoms with Gasteiger partial charge in [-0.1, -0.05) is 6.92 Å². The largest absolute Gasteiger partial charge is 0.478 e. The molecule has 0 aliphatic heterocycles. The molecular weight excluding hydrogens is 350 g/mol. The topological polar surface area (TPSA) is 83.5 Å². The first-order chi connectivity index (χ1) is 12.3. The molecule has 2 N–H and O–H groups in total. The van der Waals surface area contributed by atoms with Crippen molar-refractivity contribution in [2.24, 2.45) is 23.2 Å². The van der Waals surface area contributed by atoms with Gasteiger partial charge < -0.3 is 5.11 Å². The maximum atomic E-state index is 12.9. The summed E-state index contributed by atoms with van der Waals surface area (Å²) in [5.74, 6) is 1.26. The van der Waals surface area contributed by atoms with Crippen molar-refractivity contribution >= 4 is 16.0 Å². The number of nitrogens with one attached hydrogen (secondary N) is 1. The van der Waals surface area contributed by atoms with Crippen molar-refractivity contribution in [1.82, 2.24) is 4.72 Å². The van der Waals surface area contributed by atoms with Gasteiger partial charge in [0.25, 0.3) is 0 Å². The minimum Gasteiger partial charge on any atom is -0.478 e. The predicted octanol–water partition coefficient (Wildman–Crippen LogP) is 3.66. The first kappa shape index (κ1) is 18.0. The maximum absolute atomic E-state index is 12.9. The predicted molar refractivity (Wildman–Crippen MR) is 98.4 cm³/mol. The highest BCUT2D eigenvalue weighted by atomic mass is 32.2. The van der Waals surface area contributed by atoms with E-state index in [1.54, 1.807) is 0 Å². The summed E-state index contributed by atoms with van der Waals surface area (Å²) in [7, 11) is -3.65. The van der Waals surface area contributed by atoms with Crippen LogP contribution in [0, 0.1) is 23.2 Å². The van der Waals surface area contributed by atoms with Crippen molar-refractivity contribution in [1.29, 1.82) is 0 Å². The van der Waals surface area contributed by atoms with Crippen LogP contribution in [0.2, 0.25) is 0 Å². The van der Waals surface area contributed by atoms with Crippen LogP contribution in [-0.2, 0) is 10.0 Å². The summed E-state index contributed by atoms with van der Waals surface area (Å²) in [6.45, 7) is 2.07. The van der Waals surface area contributed by atoms with Crippen molar-refractivity contribution < 1.29 is 18.3 Å². The van der Waals surface area contributed by atoms with Gasteiger partial charge in [-0.25, -0.2) is 17.9 Å². The Balaban J connectivity index is 1.57. The van der Waals surface area contributed by atoms with Crippen molar-refractivity contribution in [2.75, 3.05) is 0 Å². The molecule has 26 heavy (non-hydrogen) atoms. The fourth-order valence-electron chi connectivity index (χ4n) is 6.28. The molecule has 0 saturated heterocycles. The fraction of sp³-hybridized carbons (Fsp3) is 0.650. The maximum Gasteiger partial charge on any atom is 0.335 e. The van der Waals surface area contributed by atoms with Crippen molar-refractivity contribution in [3.63, 3.8) is 0 Å². The molecule has 0 aromatic heterocycles. The third kappa shape index (κ3) is 3.07. The van der Waals surface area contributed by atoms with Gasteiger partial charge in [-0.05, 0) is 92.4 Å². The molecule has 5 nitrogen and oxygen atoms in total. The molecular formula is C20H27NO4S. The van der Waals surface area contributed by atoms with E-state index in [9.17, 15) is 13.2 Å². The number of hydrogen-bond donors (Lipinski definition) is 2. The molecule has 4 fully saturated rings. The number of carboxylic acids is 1. The Morgan fingerprint density at radius 3 is 2.04 bits per heavy atom. The number of rotatable bonds is 6. The SMILES string of the molecule is CC[C@@H](NS(=O)(=O)c1ccc(C(=O)O)cc1)C12CC3CC(CC(C3)C1)C2. The van der Waals surface area contributed by atoms with Crippen LogP contribution in [0.1, 0.15) is 62.2 Å². The standard InChI is InChI=1S/C20H27NO4S/c1-2-18(20-10-13-7-14(11-20)9-15(8-13)12-20)21-26(24,25)17-5-3-16(4-6-17)19(22)23/h3-6,13-15,18,21H,2,7-12H2,1H3,(H,22,23)/t13?,14?,15?,18-,20?/m1/s1. The summed E-state index contributed by atoms with van der Waals surface area (Å²) in [6.07, 6.45) is 8.24. The van der Waals surface area contributed by atoms with E-state index in [4.69, 9.17) is 5.11 Å². The summed E-state index contributed by atoms with van der Waals surface area (Å²) in [5, 5.41) is 8.99. The lowest BCUT2D eigenvalue weighted by atomic mass is 9.47. The lowest BCUT2D eigenvalue weighted by Crippen LogP contribution is -2.56. The zero-order valence-corrected chi connectivity index (χ0v) is 16.0. The average Bonchev–Trinajstić information content (AvgIpc) is 2.58. The number of sulfonamides is 1. The quantitative estimate of drug-likeness (QED) is 0.792. The second kappa shape index (κ2) is 6.34. The molecule has 4 aliphatic carbocycles. The first-order valence-electron chi connectivity index (χ1n) is 9.67. The van der Waals surface area contributed by atoms with E-state index in [2.05, 4.69) is 11.6 Å². The molecule has 1 atom stereocenters. The van der Waals surface area contributed by atoms with Gasteiger partial charge in [0.1, 0.15) is 0 Å². The molecule has 0 unspecified atom stereocenters. The number of benzene rings is 1. The third-order valence-electron chi connectivity index (χ3n) is 6.94. The van der Waals surface area contributed by atoms with Gasteiger partial charge in [-0.2, -0.15) is 0 Å². The number of carboxylic acid groups (broad SMARTS) is 1. The van der Waals surface area contributed by atoms with E-state index in [0.717, 1.165) is 43.4 Å². The highest BCUT2D eigenvalue weighted by molar-refractivity contribution is 7.89. The van der Waals surface area contributed by atoms with E-state index >= 15 is 0 Å². The molecule has 0 spiro atoms. The summed E-state index contributed by atoms with van der Waals surface area (Å²) >= 11 is 0. The van der Waals surface area contributed by atoms with E-state index in [-0.39, 0.29) is 21.9 Å². The molecule has 0 amide bonds. The lowest BCUT2D eigenvalue weighted by molar-refractivity contribution is -0.0704. The van der Waals surface area contributed by atoms with Gasteiger partial charge in [-0.15, -0.1) is 0 Å². The molecule has 1 aromatic carbocycles. The Morgan fingerprint density at radius 1 is 1.12 bits per heavy atom. The molecule has 4 aliphatic rings. The lowest BCUT2D eigenvalue weighted by Gasteiger charge is -2.59. The van der Waals surface area contributed by atoms with Crippen LogP contribution in [0.4, 0.5) is 0 Å². The minimum atomic E-state index is -3.65. The monoisotopic (exact) mass is 377 g/mol. The second-order valence-corrected chi connectivity index (χ2v) is 10.4. The summed E-state index contributed by atoms with van der Waals surface area (Å²) < 4.78 is 28.8. The summed E-state index contributed by atoms with van der Waals surface area (Å²) in [4.78, 5) is 11.1. The van der Waals surface area contributed by atoms with E-state index in [0.29, 0.717) is 0 Å². The average molecular weight is 378 g/mol. The summed E-state index contributed by atoms with van der Waals surface area (Å²) in [5.41, 5.74) is 0.203. The highest BCUT2D eigenvalue weighted by Crippen LogP contribution is 2.61. The van der Waals surface area contributed by atoms with Crippen LogP contribution >= 0.6 is 0 Å². The Labute approximate surface area is 155 Å². The van der Waals surface area contributed by atoms with Crippen LogP contribution in [-0.4, -0.2) is 25.5 Å². The zero-order chi connectivity index (χ0) is 18.5. The molecule has 5 rings (SSSR count). The molecule has 0 radical (unpaired) electrons. The van der Waals surface area contributed by atoms with Gasteiger partial charge in [0.05, 0.1) is 10.5 Å². The Kier molecular flexibility index (Phi) is 4.39. The van der Waals surface area contributed by atoms with Crippen LogP contribution in [0.3, 0.4) is 0 Å². The van der Waals surface area contributed by atoms with E-state index in [1.165, 1.54) is 43.5 Å². The molecule has 4 bridgehead atoms.